The van der Waals surface area contributed by atoms with Crippen LogP contribution in [0.25, 0.3) is 0 Å². The third-order valence-electron chi connectivity index (χ3n) is 5.76. The van der Waals surface area contributed by atoms with Crippen LogP contribution in [0, 0.1) is 0 Å². The molecule has 4 rings (SSSR count). The van der Waals surface area contributed by atoms with Crippen LogP contribution >= 0.6 is 27.7 Å². The summed E-state index contributed by atoms with van der Waals surface area (Å²) in [5.41, 5.74) is 3.43. The van der Waals surface area contributed by atoms with Crippen molar-refractivity contribution in [2.45, 2.75) is 35.9 Å². The predicted octanol–water partition coefficient (Wildman–Crippen LogP) is 2.79. The zero-order valence-corrected chi connectivity index (χ0v) is 18.5. The maximum absolute atomic E-state index is 13.0. The molecular formula is C21H26BrN3O2S. The Labute approximate surface area is 179 Å². The summed E-state index contributed by atoms with van der Waals surface area (Å²) in [6.07, 6.45) is 5.69. The number of thioether (sulfide) groups is 1. The minimum atomic E-state index is -0.0135. The van der Waals surface area contributed by atoms with E-state index in [1.54, 1.807) is 11.8 Å². The summed E-state index contributed by atoms with van der Waals surface area (Å²) in [6.45, 7) is 3.38. The highest BCUT2D eigenvalue weighted by Crippen LogP contribution is 2.36. The second-order valence-corrected chi connectivity index (χ2v) is 10.8. The lowest BCUT2D eigenvalue weighted by Gasteiger charge is -2.18. The van der Waals surface area contributed by atoms with Crippen molar-refractivity contribution in [1.82, 2.24) is 15.1 Å². The van der Waals surface area contributed by atoms with E-state index in [2.05, 4.69) is 45.3 Å². The molecule has 3 aliphatic rings. The zero-order chi connectivity index (χ0) is 19.7. The number of carbonyl (C=O) groups is 2. The number of hydrogen-bond acceptors (Lipinski definition) is 4. The third kappa shape index (κ3) is 4.47. The monoisotopic (exact) mass is 463 g/mol. The molecule has 0 radical (unpaired) electrons. The molecule has 1 saturated heterocycles. The van der Waals surface area contributed by atoms with Crippen molar-refractivity contribution in [2.75, 3.05) is 33.2 Å². The topological polar surface area (TPSA) is 52.7 Å². The first-order valence-corrected chi connectivity index (χ1v) is 11.7. The third-order valence-corrected chi connectivity index (χ3v) is 7.75. The molecule has 1 fully saturated rings. The zero-order valence-electron chi connectivity index (χ0n) is 16.1. The maximum Gasteiger partial charge on any atom is 0.257 e. The molecule has 2 atom stereocenters. The molecule has 3 heterocycles. The van der Waals surface area contributed by atoms with Crippen molar-refractivity contribution in [3.63, 3.8) is 0 Å². The number of amides is 2. The summed E-state index contributed by atoms with van der Waals surface area (Å²) in [5, 5.41) is 3.09. The van der Waals surface area contributed by atoms with Crippen LogP contribution in [-0.2, 0) is 17.6 Å². The normalized spacial score (nSPS) is 25.2. The van der Waals surface area contributed by atoms with E-state index in [-0.39, 0.29) is 17.9 Å². The molecule has 1 aromatic rings. The van der Waals surface area contributed by atoms with Gasteiger partial charge < -0.3 is 15.1 Å². The summed E-state index contributed by atoms with van der Waals surface area (Å²) in [5.74, 6) is 0.0625. The smallest absolute Gasteiger partial charge is 0.257 e. The Hall–Kier alpha value is -1.31. The fourth-order valence-electron chi connectivity index (χ4n) is 4.05. The first-order chi connectivity index (χ1) is 13.5. The fourth-order valence-corrected chi connectivity index (χ4v) is 5.67. The van der Waals surface area contributed by atoms with E-state index in [9.17, 15) is 9.59 Å². The number of hydrogen-bond donors (Lipinski definition) is 1. The molecule has 28 heavy (non-hydrogen) atoms. The molecule has 0 bridgehead atoms. The number of rotatable bonds is 3. The minimum absolute atomic E-state index is 0.0135. The van der Waals surface area contributed by atoms with Gasteiger partial charge in [0.25, 0.3) is 11.8 Å². The van der Waals surface area contributed by atoms with Gasteiger partial charge in [0, 0.05) is 37.8 Å². The fraction of sp³-hybridized carbons (Fsp3) is 0.524. The molecule has 0 saturated carbocycles. The van der Waals surface area contributed by atoms with Crippen molar-refractivity contribution in [2.24, 2.45) is 0 Å². The second kappa shape index (κ2) is 8.59. The van der Waals surface area contributed by atoms with E-state index in [1.807, 2.05) is 17.0 Å². The summed E-state index contributed by atoms with van der Waals surface area (Å²) in [6, 6.07) is 6.20. The minimum Gasteiger partial charge on any atom is -0.347 e. The molecule has 0 spiro atoms. The molecule has 2 unspecified atom stereocenters. The number of nitrogens with one attached hydrogen (secondary N) is 1. The first kappa shape index (κ1) is 20.0. The van der Waals surface area contributed by atoms with Crippen LogP contribution in [0.2, 0.25) is 0 Å². The molecule has 5 nitrogen and oxygen atoms in total. The lowest BCUT2D eigenvalue weighted by atomic mass is 9.99. The van der Waals surface area contributed by atoms with Crippen LogP contribution in [0.1, 0.15) is 34.3 Å². The van der Waals surface area contributed by atoms with Gasteiger partial charge in [0.2, 0.25) is 0 Å². The van der Waals surface area contributed by atoms with Crippen LogP contribution in [0.3, 0.4) is 0 Å². The van der Waals surface area contributed by atoms with E-state index in [0.717, 1.165) is 49.2 Å². The molecule has 7 heteroatoms. The van der Waals surface area contributed by atoms with E-state index in [1.165, 1.54) is 11.1 Å². The molecular weight excluding hydrogens is 438 g/mol. The van der Waals surface area contributed by atoms with Gasteiger partial charge in [-0.05, 0) is 56.0 Å². The quantitative estimate of drug-likeness (QED) is 0.700. The molecule has 150 valence electrons. The largest absolute Gasteiger partial charge is 0.347 e. The van der Waals surface area contributed by atoms with Crippen molar-refractivity contribution in [1.29, 1.82) is 0 Å². The first-order valence-electron chi connectivity index (χ1n) is 9.91. The Kier molecular flexibility index (Phi) is 6.13. The van der Waals surface area contributed by atoms with Gasteiger partial charge in [0.15, 0.2) is 0 Å². The molecule has 0 aliphatic carbocycles. The lowest BCUT2D eigenvalue weighted by Crippen LogP contribution is -2.38. The average molecular weight is 464 g/mol. The number of fused-ring (bicyclic) bond motifs is 1. The number of benzene rings is 1. The van der Waals surface area contributed by atoms with Crippen molar-refractivity contribution < 1.29 is 9.59 Å². The molecule has 1 N–H and O–H groups in total. The Morgan fingerprint density at radius 1 is 1.18 bits per heavy atom. The van der Waals surface area contributed by atoms with Gasteiger partial charge in [0.05, 0.1) is 9.06 Å². The van der Waals surface area contributed by atoms with Crippen molar-refractivity contribution >= 4 is 39.5 Å². The second-order valence-electron chi connectivity index (χ2n) is 7.83. The molecule has 0 aromatic heterocycles. The summed E-state index contributed by atoms with van der Waals surface area (Å²) >= 11 is 5.08. The summed E-state index contributed by atoms with van der Waals surface area (Å²) < 4.78 is 0.294. The van der Waals surface area contributed by atoms with Gasteiger partial charge in [-0.2, -0.15) is 0 Å². The number of carbonyl (C=O) groups excluding carboxylic acids is 2. The van der Waals surface area contributed by atoms with E-state index in [0.29, 0.717) is 17.2 Å². The van der Waals surface area contributed by atoms with E-state index >= 15 is 0 Å². The molecule has 1 aromatic carbocycles. The molecule has 2 amide bonds. The average Bonchev–Trinajstić information content (AvgIpc) is 3.29. The van der Waals surface area contributed by atoms with Crippen LogP contribution < -0.4 is 5.32 Å². The SMILES string of the molecule is CN1CCc2ccc(C(=O)N3CCC(NC(=O)C4=CCC(Br)S4)C3)cc2CC1. The number of likely N-dealkylation sites (tertiary alicyclic amines) is 1. The Balaban J connectivity index is 1.36. The van der Waals surface area contributed by atoms with Crippen molar-refractivity contribution in [3.05, 3.63) is 45.9 Å². The predicted molar refractivity (Wildman–Crippen MR) is 117 cm³/mol. The van der Waals surface area contributed by atoms with Gasteiger partial charge in [-0.25, -0.2) is 0 Å². The lowest BCUT2D eigenvalue weighted by molar-refractivity contribution is -0.117. The highest BCUT2D eigenvalue weighted by molar-refractivity contribution is 9.11. The standard InChI is InChI=1S/C21H26BrN3O2S/c1-24-9-6-14-2-3-16(12-15(14)7-10-24)21(27)25-11-8-17(13-25)23-20(26)18-4-5-19(22)28-18/h2-4,12,17,19H,5-11,13H2,1H3,(H,23,26). The number of likely N-dealkylation sites (N-methyl/N-ethyl adjacent to an activating group) is 1. The van der Waals surface area contributed by atoms with Gasteiger partial charge in [0.1, 0.15) is 0 Å². The maximum atomic E-state index is 13.0. The Morgan fingerprint density at radius 2 is 1.96 bits per heavy atom. The highest BCUT2D eigenvalue weighted by atomic mass is 79.9. The van der Waals surface area contributed by atoms with Crippen LogP contribution in [-0.4, -0.2) is 65.0 Å². The number of alkyl halides is 1. The van der Waals surface area contributed by atoms with Gasteiger partial charge in [-0.15, -0.1) is 11.8 Å². The van der Waals surface area contributed by atoms with E-state index in [4.69, 9.17) is 0 Å². The van der Waals surface area contributed by atoms with Gasteiger partial charge in [-0.3, -0.25) is 9.59 Å². The Bertz CT molecular complexity index is 813. The van der Waals surface area contributed by atoms with E-state index < -0.39 is 0 Å². The van der Waals surface area contributed by atoms with Crippen LogP contribution in [0.5, 0.6) is 0 Å². The number of nitrogens with zero attached hydrogens (tertiary/aromatic N) is 2. The van der Waals surface area contributed by atoms with Crippen LogP contribution in [0.4, 0.5) is 0 Å². The van der Waals surface area contributed by atoms with Gasteiger partial charge >= 0.3 is 0 Å². The van der Waals surface area contributed by atoms with Gasteiger partial charge in [-0.1, -0.05) is 28.1 Å². The molecule has 3 aliphatic heterocycles. The highest BCUT2D eigenvalue weighted by Gasteiger charge is 2.30. The summed E-state index contributed by atoms with van der Waals surface area (Å²) in [7, 11) is 2.15. The Morgan fingerprint density at radius 3 is 2.71 bits per heavy atom. The summed E-state index contributed by atoms with van der Waals surface area (Å²) in [4.78, 5) is 30.4. The van der Waals surface area contributed by atoms with Crippen molar-refractivity contribution in [3.8, 4) is 0 Å². The number of allylic oxidation sites excluding steroid dienone is 1. The van der Waals surface area contributed by atoms with Crippen LogP contribution in [0.15, 0.2) is 29.2 Å². The number of halogens is 1.